The first-order valence-corrected chi connectivity index (χ1v) is 4.18. The van der Waals surface area contributed by atoms with Gasteiger partial charge in [-0.25, -0.2) is 0 Å². The van der Waals surface area contributed by atoms with E-state index in [4.69, 9.17) is 23.2 Å². The summed E-state index contributed by atoms with van der Waals surface area (Å²) in [5, 5.41) is 1.01. The van der Waals surface area contributed by atoms with Gasteiger partial charge in [-0.2, -0.15) is 0 Å². The Morgan fingerprint density at radius 1 is 1.22 bits per heavy atom. The second-order valence-electron chi connectivity index (χ2n) is 2.35. The van der Waals surface area contributed by atoms with Crippen LogP contribution in [-0.4, -0.2) is 5.88 Å². The molecule has 0 unspecified atom stereocenters. The summed E-state index contributed by atoms with van der Waals surface area (Å²) in [6.45, 7) is 0. The monoisotopic (exact) mass is 164 g/mol. The number of rotatable bonds is 1. The zero-order valence-corrected chi connectivity index (χ0v) is 6.80. The fraction of sp³-hybridized carbons (Fsp3) is 0.714. The topological polar surface area (TPSA) is 0 Å². The molecule has 0 atom stereocenters. The third-order valence-electron chi connectivity index (χ3n) is 1.67. The summed E-state index contributed by atoms with van der Waals surface area (Å²) in [5.41, 5.74) is 1.25. The standard InChI is InChI=1S/C7H10Cl2/c8-5-6-3-1-2-4-7(6)9/h1-5H2. The highest BCUT2D eigenvalue weighted by Gasteiger charge is 2.08. The molecule has 52 valence electrons. The highest BCUT2D eigenvalue weighted by Crippen LogP contribution is 2.27. The Morgan fingerprint density at radius 3 is 2.33 bits per heavy atom. The lowest BCUT2D eigenvalue weighted by Gasteiger charge is -2.12. The molecular weight excluding hydrogens is 155 g/mol. The van der Waals surface area contributed by atoms with Crippen LogP contribution in [0.5, 0.6) is 0 Å². The average molecular weight is 165 g/mol. The fourth-order valence-electron chi connectivity index (χ4n) is 1.07. The van der Waals surface area contributed by atoms with Crippen LogP contribution in [0, 0.1) is 0 Å². The lowest BCUT2D eigenvalue weighted by Crippen LogP contribution is -1.96. The predicted molar refractivity (Wildman–Crippen MR) is 42.1 cm³/mol. The van der Waals surface area contributed by atoms with E-state index in [0.29, 0.717) is 5.88 Å². The first-order chi connectivity index (χ1) is 4.34. The molecule has 0 aliphatic heterocycles. The van der Waals surface area contributed by atoms with Gasteiger partial charge in [-0.1, -0.05) is 11.6 Å². The molecule has 0 aromatic rings. The van der Waals surface area contributed by atoms with E-state index in [9.17, 15) is 0 Å². The van der Waals surface area contributed by atoms with Crippen molar-refractivity contribution in [1.82, 2.24) is 0 Å². The van der Waals surface area contributed by atoms with E-state index >= 15 is 0 Å². The lowest BCUT2D eigenvalue weighted by atomic mass is 10.0. The molecule has 9 heavy (non-hydrogen) atoms. The first-order valence-electron chi connectivity index (χ1n) is 3.27. The van der Waals surface area contributed by atoms with E-state index in [1.54, 1.807) is 0 Å². The number of alkyl halides is 1. The van der Waals surface area contributed by atoms with E-state index in [0.717, 1.165) is 17.9 Å². The summed E-state index contributed by atoms with van der Waals surface area (Å²) in [6, 6.07) is 0. The van der Waals surface area contributed by atoms with Gasteiger partial charge in [0.05, 0.1) is 0 Å². The van der Waals surface area contributed by atoms with Crippen LogP contribution in [-0.2, 0) is 0 Å². The molecule has 0 spiro atoms. The number of hydrogen-bond acceptors (Lipinski definition) is 0. The molecule has 0 fully saturated rings. The van der Waals surface area contributed by atoms with Crippen molar-refractivity contribution in [1.29, 1.82) is 0 Å². The molecule has 0 aromatic heterocycles. The van der Waals surface area contributed by atoms with Crippen LogP contribution in [0.15, 0.2) is 10.6 Å². The molecule has 0 saturated heterocycles. The molecule has 0 amide bonds. The molecular formula is C7H10Cl2. The van der Waals surface area contributed by atoms with Crippen molar-refractivity contribution < 1.29 is 0 Å². The van der Waals surface area contributed by atoms with Crippen LogP contribution in [0.25, 0.3) is 0 Å². The van der Waals surface area contributed by atoms with Crippen molar-refractivity contribution in [3.8, 4) is 0 Å². The van der Waals surface area contributed by atoms with Crippen molar-refractivity contribution in [3.05, 3.63) is 10.6 Å². The molecule has 0 heterocycles. The van der Waals surface area contributed by atoms with Crippen molar-refractivity contribution in [2.75, 3.05) is 5.88 Å². The minimum absolute atomic E-state index is 0.624. The largest absolute Gasteiger partial charge is 0.122 e. The molecule has 0 nitrogen and oxygen atoms in total. The normalized spacial score (nSPS) is 20.7. The van der Waals surface area contributed by atoms with Gasteiger partial charge in [0.25, 0.3) is 0 Å². The maximum Gasteiger partial charge on any atom is 0.0447 e. The Bertz CT molecular complexity index is 127. The van der Waals surface area contributed by atoms with Crippen molar-refractivity contribution in [3.63, 3.8) is 0 Å². The highest BCUT2D eigenvalue weighted by atomic mass is 35.5. The van der Waals surface area contributed by atoms with Crippen LogP contribution in [0.2, 0.25) is 0 Å². The average Bonchev–Trinajstić information content (AvgIpc) is 1.89. The summed E-state index contributed by atoms with van der Waals surface area (Å²) < 4.78 is 0. The van der Waals surface area contributed by atoms with Gasteiger partial charge in [0.2, 0.25) is 0 Å². The predicted octanol–water partition coefficient (Wildman–Crippen LogP) is 3.29. The molecule has 0 N–H and O–H groups in total. The number of halogens is 2. The summed E-state index contributed by atoms with van der Waals surface area (Å²) in [5.74, 6) is 0.624. The summed E-state index contributed by atoms with van der Waals surface area (Å²) in [6.07, 6.45) is 4.66. The number of allylic oxidation sites excluding steroid dienone is 2. The van der Waals surface area contributed by atoms with Crippen LogP contribution >= 0.6 is 23.2 Å². The maximum atomic E-state index is 5.88. The second kappa shape index (κ2) is 3.48. The van der Waals surface area contributed by atoms with Crippen molar-refractivity contribution in [2.24, 2.45) is 0 Å². The van der Waals surface area contributed by atoms with E-state index in [2.05, 4.69) is 0 Å². The minimum Gasteiger partial charge on any atom is -0.122 e. The maximum absolute atomic E-state index is 5.88. The van der Waals surface area contributed by atoms with E-state index < -0.39 is 0 Å². The molecule has 1 aliphatic rings. The van der Waals surface area contributed by atoms with Gasteiger partial charge in [0.1, 0.15) is 0 Å². The Morgan fingerprint density at radius 2 is 1.89 bits per heavy atom. The van der Waals surface area contributed by atoms with Gasteiger partial charge in [0, 0.05) is 10.9 Å². The van der Waals surface area contributed by atoms with Gasteiger partial charge in [-0.05, 0) is 31.3 Å². The Labute approximate surface area is 65.8 Å². The highest BCUT2D eigenvalue weighted by molar-refractivity contribution is 6.31. The van der Waals surface area contributed by atoms with Gasteiger partial charge in [-0.3, -0.25) is 0 Å². The summed E-state index contributed by atoms with van der Waals surface area (Å²) >= 11 is 11.5. The third-order valence-corrected chi connectivity index (χ3v) is 2.45. The Hall–Kier alpha value is 0.320. The Kier molecular flexibility index (Phi) is 2.87. The van der Waals surface area contributed by atoms with Crippen LogP contribution < -0.4 is 0 Å². The van der Waals surface area contributed by atoms with Gasteiger partial charge in [-0.15, -0.1) is 11.6 Å². The quantitative estimate of drug-likeness (QED) is 0.523. The van der Waals surface area contributed by atoms with E-state index in [-0.39, 0.29) is 0 Å². The zero-order chi connectivity index (χ0) is 6.69. The second-order valence-corrected chi connectivity index (χ2v) is 3.07. The zero-order valence-electron chi connectivity index (χ0n) is 5.29. The van der Waals surface area contributed by atoms with Crippen molar-refractivity contribution in [2.45, 2.75) is 25.7 Å². The minimum atomic E-state index is 0.624. The molecule has 0 saturated carbocycles. The van der Waals surface area contributed by atoms with Crippen LogP contribution in [0.3, 0.4) is 0 Å². The van der Waals surface area contributed by atoms with Crippen molar-refractivity contribution >= 4 is 23.2 Å². The SMILES string of the molecule is ClCC1=C(Cl)CCCC1. The third kappa shape index (κ3) is 1.87. The summed E-state index contributed by atoms with van der Waals surface area (Å²) in [4.78, 5) is 0. The lowest BCUT2D eigenvalue weighted by molar-refractivity contribution is 0.694. The van der Waals surface area contributed by atoms with Crippen LogP contribution in [0.4, 0.5) is 0 Å². The molecule has 0 bridgehead atoms. The van der Waals surface area contributed by atoms with E-state index in [1.165, 1.54) is 18.4 Å². The van der Waals surface area contributed by atoms with Gasteiger partial charge in [0.15, 0.2) is 0 Å². The van der Waals surface area contributed by atoms with Crippen LogP contribution in [0.1, 0.15) is 25.7 Å². The molecule has 1 aliphatic carbocycles. The smallest absolute Gasteiger partial charge is 0.0447 e. The Balaban J connectivity index is 2.59. The molecule has 0 radical (unpaired) electrons. The molecule has 2 heteroatoms. The summed E-state index contributed by atoms with van der Waals surface area (Å²) in [7, 11) is 0. The van der Waals surface area contributed by atoms with Gasteiger partial charge < -0.3 is 0 Å². The molecule has 1 rings (SSSR count). The first kappa shape index (κ1) is 7.43. The van der Waals surface area contributed by atoms with E-state index in [1.807, 2.05) is 0 Å². The fourth-order valence-corrected chi connectivity index (χ4v) is 1.73. The molecule has 0 aromatic carbocycles. The number of hydrogen-bond donors (Lipinski definition) is 0. The van der Waals surface area contributed by atoms with Gasteiger partial charge >= 0.3 is 0 Å².